The van der Waals surface area contributed by atoms with Crippen LogP contribution in [0.5, 0.6) is 5.75 Å². The Morgan fingerprint density at radius 2 is 2.04 bits per heavy atom. The van der Waals surface area contributed by atoms with Crippen molar-refractivity contribution in [1.82, 2.24) is 5.32 Å². The Hall–Kier alpha value is -1.75. The highest BCUT2D eigenvalue weighted by atomic mass is 35.5. The molecule has 0 unspecified atom stereocenters. The van der Waals surface area contributed by atoms with Crippen LogP contribution in [0.2, 0.25) is 5.02 Å². The van der Waals surface area contributed by atoms with Gasteiger partial charge in [0.15, 0.2) is 13.2 Å². The van der Waals surface area contributed by atoms with Crippen molar-refractivity contribution in [2.45, 2.75) is 38.6 Å². The maximum atomic E-state index is 11.8. The molecule has 0 bridgehead atoms. The molecule has 0 saturated heterocycles. The maximum absolute atomic E-state index is 11.8. The van der Waals surface area contributed by atoms with E-state index in [9.17, 15) is 9.59 Å². The summed E-state index contributed by atoms with van der Waals surface area (Å²) in [5.41, 5.74) is 0. The van der Waals surface area contributed by atoms with Gasteiger partial charge in [-0.25, -0.2) is 4.79 Å². The topological polar surface area (TPSA) is 64.6 Å². The van der Waals surface area contributed by atoms with Crippen LogP contribution in [-0.4, -0.2) is 31.1 Å². The van der Waals surface area contributed by atoms with E-state index in [1.807, 2.05) is 0 Å². The smallest absolute Gasteiger partial charge is 0.344 e. The van der Waals surface area contributed by atoms with E-state index >= 15 is 0 Å². The van der Waals surface area contributed by atoms with Crippen molar-refractivity contribution in [3.8, 4) is 5.75 Å². The number of carbonyl (C=O) groups is 2. The van der Waals surface area contributed by atoms with E-state index in [0.717, 1.165) is 19.3 Å². The minimum absolute atomic E-state index is 0.178. The molecule has 1 fully saturated rings. The molecule has 2 rings (SSSR count). The van der Waals surface area contributed by atoms with E-state index in [4.69, 9.17) is 21.1 Å². The molecule has 1 aromatic carbocycles. The van der Waals surface area contributed by atoms with E-state index in [1.54, 1.807) is 24.3 Å². The third-order valence-corrected chi connectivity index (χ3v) is 4.21. The van der Waals surface area contributed by atoms with Crippen LogP contribution in [-0.2, 0) is 14.3 Å². The van der Waals surface area contributed by atoms with Crippen molar-refractivity contribution in [2.75, 3.05) is 13.2 Å². The maximum Gasteiger partial charge on any atom is 0.344 e. The highest BCUT2D eigenvalue weighted by Crippen LogP contribution is 2.23. The van der Waals surface area contributed by atoms with Crippen molar-refractivity contribution in [3.63, 3.8) is 0 Å². The molecule has 1 amide bonds. The van der Waals surface area contributed by atoms with Crippen LogP contribution in [0.3, 0.4) is 0 Å². The third kappa shape index (κ3) is 6.10. The summed E-state index contributed by atoms with van der Waals surface area (Å²) in [6, 6.07) is 6.91. The van der Waals surface area contributed by atoms with Gasteiger partial charge in [-0.05, 0) is 37.0 Å². The Bertz CT molecular complexity index is 549. The second-order valence-corrected chi connectivity index (χ2v) is 6.28. The standard InChI is InChI=1S/C17H22ClNO4/c1-12-5-2-3-8-15(12)19-16(20)10-23-17(21)11-22-14-7-4-6-13(18)9-14/h4,6-7,9,12,15H,2-3,5,8,10-11H2,1H3,(H,19,20)/t12-,15+/m0/s1. The Labute approximate surface area is 141 Å². The number of halogens is 1. The fourth-order valence-electron chi connectivity index (χ4n) is 2.67. The molecule has 5 nitrogen and oxygen atoms in total. The number of rotatable bonds is 6. The number of amides is 1. The van der Waals surface area contributed by atoms with E-state index in [2.05, 4.69) is 12.2 Å². The normalized spacial score (nSPS) is 20.6. The van der Waals surface area contributed by atoms with Gasteiger partial charge in [-0.15, -0.1) is 0 Å². The average molecular weight is 340 g/mol. The lowest BCUT2D eigenvalue weighted by Crippen LogP contribution is -2.43. The predicted octanol–water partition coefficient (Wildman–Crippen LogP) is 2.96. The van der Waals surface area contributed by atoms with Crippen molar-refractivity contribution in [3.05, 3.63) is 29.3 Å². The van der Waals surface area contributed by atoms with Crippen molar-refractivity contribution >= 4 is 23.5 Å². The first-order valence-corrected chi connectivity index (χ1v) is 8.26. The van der Waals surface area contributed by atoms with Crippen molar-refractivity contribution in [1.29, 1.82) is 0 Å². The van der Waals surface area contributed by atoms with Gasteiger partial charge in [-0.1, -0.05) is 37.4 Å². The predicted molar refractivity (Wildman–Crippen MR) is 87.5 cm³/mol. The Morgan fingerprint density at radius 3 is 2.78 bits per heavy atom. The fourth-order valence-corrected chi connectivity index (χ4v) is 2.85. The van der Waals surface area contributed by atoms with Crippen LogP contribution in [0, 0.1) is 5.92 Å². The average Bonchev–Trinajstić information content (AvgIpc) is 2.53. The number of ether oxygens (including phenoxy) is 2. The summed E-state index contributed by atoms with van der Waals surface area (Å²) in [5, 5.41) is 3.46. The molecule has 1 aliphatic rings. The lowest BCUT2D eigenvalue weighted by atomic mass is 9.86. The first kappa shape index (κ1) is 17.6. The largest absolute Gasteiger partial charge is 0.482 e. The van der Waals surface area contributed by atoms with Gasteiger partial charge < -0.3 is 14.8 Å². The van der Waals surface area contributed by atoms with Gasteiger partial charge >= 0.3 is 5.97 Å². The highest BCUT2D eigenvalue weighted by molar-refractivity contribution is 6.30. The first-order chi connectivity index (χ1) is 11.0. The summed E-state index contributed by atoms with van der Waals surface area (Å²) >= 11 is 5.82. The van der Waals surface area contributed by atoms with Gasteiger partial charge in [-0.3, -0.25) is 4.79 Å². The number of hydrogen-bond donors (Lipinski definition) is 1. The molecule has 0 spiro atoms. The molecule has 6 heteroatoms. The SMILES string of the molecule is C[C@H]1CCCC[C@H]1NC(=O)COC(=O)COc1cccc(Cl)c1. The Balaban J connectivity index is 1.66. The minimum Gasteiger partial charge on any atom is -0.482 e. The van der Waals surface area contributed by atoms with Crippen LogP contribution in [0.1, 0.15) is 32.6 Å². The zero-order valence-corrected chi connectivity index (χ0v) is 14.0. The van der Waals surface area contributed by atoms with Crippen LogP contribution >= 0.6 is 11.6 Å². The lowest BCUT2D eigenvalue weighted by molar-refractivity contribution is -0.150. The third-order valence-electron chi connectivity index (χ3n) is 3.97. The molecular weight excluding hydrogens is 318 g/mol. The van der Waals surface area contributed by atoms with Crippen LogP contribution in [0.15, 0.2) is 24.3 Å². The highest BCUT2D eigenvalue weighted by Gasteiger charge is 2.23. The van der Waals surface area contributed by atoms with Crippen molar-refractivity contribution < 1.29 is 19.1 Å². The molecular formula is C17H22ClNO4. The Kier molecular flexibility index (Phi) is 6.71. The second-order valence-electron chi connectivity index (χ2n) is 5.84. The number of carbonyl (C=O) groups excluding carboxylic acids is 2. The van der Waals surface area contributed by atoms with Gasteiger partial charge in [0.25, 0.3) is 5.91 Å². The first-order valence-electron chi connectivity index (χ1n) is 7.88. The second kappa shape index (κ2) is 8.77. The fraction of sp³-hybridized carbons (Fsp3) is 0.529. The molecule has 1 N–H and O–H groups in total. The summed E-state index contributed by atoms with van der Waals surface area (Å²) in [7, 11) is 0. The van der Waals surface area contributed by atoms with Gasteiger partial charge in [0.05, 0.1) is 0 Å². The molecule has 1 aromatic rings. The number of hydrogen-bond acceptors (Lipinski definition) is 4. The van der Waals surface area contributed by atoms with Crippen LogP contribution in [0.25, 0.3) is 0 Å². The van der Waals surface area contributed by atoms with Crippen molar-refractivity contribution in [2.24, 2.45) is 5.92 Å². The minimum atomic E-state index is -0.586. The molecule has 1 saturated carbocycles. The number of esters is 1. The summed E-state index contributed by atoms with van der Waals surface area (Å²) in [4.78, 5) is 23.4. The number of nitrogens with one attached hydrogen (secondary N) is 1. The number of benzene rings is 1. The molecule has 0 heterocycles. The van der Waals surface area contributed by atoms with Crippen LogP contribution < -0.4 is 10.1 Å². The summed E-state index contributed by atoms with van der Waals surface area (Å²) < 4.78 is 10.2. The van der Waals surface area contributed by atoms with Gasteiger partial charge in [0.1, 0.15) is 5.75 Å². The summed E-state index contributed by atoms with van der Waals surface area (Å²) in [5.74, 6) is 0.0983. The van der Waals surface area contributed by atoms with Gasteiger partial charge in [0, 0.05) is 11.1 Å². The molecule has 0 radical (unpaired) electrons. The molecule has 2 atom stereocenters. The summed E-state index contributed by atoms with van der Waals surface area (Å²) in [6.45, 7) is 1.60. The van der Waals surface area contributed by atoms with E-state index in [-0.39, 0.29) is 25.2 Å². The molecule has 1 aliphatic carbocycles. The summed E-state index contributed by atoms with van der Waals surface area (Å²) in [6.07, 6.45) is 4.45. The van der Waals surface area contributed by atoms with Gasteiger partial charge in [-0.2, -0.15) is 0 Å². The van der Waals surface area contributed by atoms with E-state index < -0.39 is 5.97 Å². The zero-order valence-electron chi connectivity index (χ0n) is 13.2. The monoisotopic (exact) mass is 339 g/mol. The molecule has 0 aliphatic heterocycles. The lowest BCUT2D eigenvalue weighted by Gasteiger charge is -2.29. The molecule has 23 heavy (non-hydrogen) atoms. The van der Waals surface area contributed by atoms with E-state index in [0.29, 0.717) is 16.7 Å². The van der Waals surface area contributed by atoms with E-state index in [1.165, 1.54) is 6.42 Å². The molecule has 126 valence electrons. The zero-order chi connectivity index (χ0) is 16.7. The molecule has 0 aromatic heterocycles. The van der Waals surface area contributed by atoms with Crippen LogP contribution in [0.4, 0.5) is 0 Å². The quantitative estimate of drug-likeness (QED) is 0.809. The van der Waals surface area contributed by atoms with Gasteiger partial charge in [0.2, 0.25) is 0 Å². The Morgan fingerprint density at radius 1 is 1.26 bits per heavy atom.